The lowest BCUT2D eigenvalue weighted by molar-refractivity contribution is 0.517. The van der Waals surface area contributed by atoms with Gasteiger partial charge in [-0.15, -0.1) is 0 Å². The van der Waals surface area contributed by atoms with Gasteiger partial charge in [0.05, 0.1) is 41.4 Å². The van der Waals surface area contributed by atoms with Gasteiger partial charge in [-0.05, 0) is 31.2 Å². The Bertz CT molecular complexity index is 1480. The molecule has 1 unspecified atom stereocenters. The standard InChI is InChI=1S/C23H14F2N6/c1-13(20-17(24)9-18-16(21(20)25)3-2-8-27-18)31-12-29-22-23(31)30-19(11-28-22)15-6-4-14(10-26)5-7-15/h2-9,11-13H,1H3. The van der Waals surface area contributed by atoms with Gasteiger partial charge in [0.25, 0.3) is 0 Å². The third-order valence-electron chi connectivity index (χ3n) is 5.26. The highest BCUT2D eigenvalue weighted by atomic mass is 19.1. The fourth-order valence-corrected chi connectivity index (χ4v) is 3.63. The number of nitrogens with zero attached hydrogens (tertiary/aromatic N) is 6. The molecule has 0 aliphatic rings. The van der Waals surface area contributed by atoms with Crippen molar-refractivity contribution in [3.63, 3.8) is 0 Å². The predicted molar refractivity (Wildman–Crippen MR) is 111 cm³/mol. The highest BCUT2D eigenvalue weighted by Crippen LogP contribution is 2.31. The zero-order valence-corrected chi connectivity index (χ0v) is 16.3. The van der Waals surface area contributed by atoms with Gasteiger partial charge in [0.2, 0.25) is 0 Å². The molecule has 3 aromatic heterocycles. The largest absolute Gasteiger partial charge is 0.306 e. The summed E-state index contributed by atoms with van der Waals surface area (Å²) < 4.78 is 31.7. The summed E-state index contributed by atoms with van der Waals surface area (Å²) in [6.07, 6.45) is 4.55. The normalized spacial score (nSPS) is 12.2. The molecule has 0 bridgehead atoms. The zero-order valence-electron chi connectivity index (χ0n) is 16.3. The molecule has 5 rings (SSSR count). The third-order valence-corrected chi connectivity index (χ3v) is 5.26. The van der Waals surface area contributed by atoms with E-state index in [0.29, 0.717) is 22.6 Å². The van der Waals surface area contributed by atoms with Gasteiger partial charge >= 0.3 is 0 Å². The predicted octanol–water partition coefficient (Wildman–Crippen LogP) is 4.80. The van der Waals surface area contributed by atoms with Crippen LogP contribution < -0.4 is 0 Å². The lowest BCUT2D eigenvalue weighted by Gasteiger charge is -2.17. The van der Waals surface area contributed by atoms with Crippen LogP contribution in [0.3, 0.4) is 0 Å². The van der Waals surface area contributed by atoms with Crippen molar-refractivity contribution in [1.29, 1.82) is 5.26 Å². The van der Waals surface area contributed by atoms with Crippen LogP contribution in [0.15, 0.2) is 61.2 Å². The number of halogens is 2. The van der Waals surface area contributed by atoms with Gasteiger partial charge in [-0.1, -0.05) is 12.1 Å². The minimum absolute atomic E-state index is 0.0922. The molecule has 8 heteroatoms. The molecule has 0 spiro atoms. The van der Waals surface area contributed by atoms with Crippen LogP contribution in [-0.2, 0) is 0 Å². The summed E-state index contributed by atoms with van der Waals surface area (Å²) in [6, 6.07) is 12.7. The maximum Gasteiger partial charge on any atom is 0.197 e. The van der Waals surface area contributed by atoms with Crippen LogP contribution in [0.25, 0.3) is 33.5 Å². The number of hydrogen-bond acceptors (Lipinski definition) is 5. The summed E-state index contributed by atoms with van der Waals surface area (Å²) >= 11 is 0. The molecule has 0 radical (unpaired) electrons. The Morgan fingerprint density at radius 2 is 1.87 bits per heavy atom. The monoisotopic (exact) mass is 412 g/mol. The molecule has 0 aliphatic heterocycles. The first-order valence-electron chi connectivity index (χ1n) is 9.49. The molecular formula is C23H14F2N6. The van der Waals surface area contributed by atoms with Gasteiger partial charge in [0, 0.05) is 28.8 Å². The van der Waals surface area contributed by atoms with E-state index in [1.807, 2.05) is 0 Å². The van der Waals surface area contributed by atoms with Crippen molar-refractivity contribution in [3.8, 4) is 17.3 Å². The number of pyridine rings is 1. The fraction of sp³-hybridized carbons (Fsp3) is 0.0870. The highest BCUT2D eigenvalue weighted by Gasteiger charge is 2.23. The first-order valence-corrected chi connectivity index (χ1v) is 9.49. The molecule has 6 nitrogen and oxygen atoms in total. The zero-order chi connectivity index (χ0) is 21.5. The lowest BCUT2D eigenvalue weighted by atomic mass is 10.0. The first-order chi connectivity index (χ1) is 15.1. The van der Waals surface area contributed by atoms with Crippen LogP contribution in [0.4, 0.5) is 8.78 Å². The van der Waals surface area contributed by atoms with E-state index in [1.165, 1.54) is 18.6 Å². The second kappa shape index (κ2) is 7.22. The topological polar surface area (TPSA) is 80.3 Å². The van der Waals surface area contributed by atoms with Crippen LogP contribution >= 0.6 is 0 Å². The maximum atomic E-state index is 15.2. The van der Waals surface area contributed by atoms with Crippen molar-refractivity contribution in [2.75, 3.05) is 0 Å². The molecule has 0 saturated carbocycles. The second-order valence-electron chi connectivity index (χ2n) is 7.08. The highest BCUT2D eigenvalue weighted by molar-refractivity contribution is 5.80. The number of nitriles is 1. The van der Waals surface area contributed by atoms with E-state index in [4.69, 9.17) is 5.26 Å². The van der Waals surface area contributed by atoms with E-state index in [0.717, 1.165) is 5.56 Å². The van der Waals surface area contributed by atoms with Crippen molar-refractivity contribution in [2.24, 2.45) is 0 Å². The number of hydrogen-bond donors (Lipinski definition) is 0. The molecular weight excluding hydrogens is 398 g/mol. The summed E-state index contributed by atoms with van der Waals surface area (Å²) in [6.45, 7) is 1.68. The quantitative estimate of drug-likeness (QED) is 0.425. The van der Waals surface area contributed by atoms with E-state index in [1.54, 1.807) is 54.1 Å². The molecule has 0 N–H and O–H groups in total. The number of imidazole rings is 1. The SMILES string of the molecule is CC(c1c(F)cc2ncccc2c1F)n1cnc2ncc(-c3ccc(C#N)cc3)nc21. The summed E-state index contributed by atoms with van der Waals surface area (Å²) in [7, 11) is 0. The molecule has 2 aromatic carbocycles. The minimum atomic E-state index is -0.722. The number of aromatic nitrogens is 5. The van der Waals surface area contributed by atoms with E-state index in [-0.39, 0.29) is 16.5 Å². The molecule has 3 heterocycles. The Balaban J connectivity index is 1.63. The van der Waals surface area contributed by atoms with Crippen molar-refractivity contribution in [1.82, 2.24) is 24.5 Å². The number of fused-ring (bicyclic) bond motifs is 2. The van der Waals surface area contributed by atoms with Gasteiger partial charge in [-0.3, -0.25) is 4.98 Å². The molecule has 0 amide bonds. The molecule has 5 aromatic rings. The molecule has 0 aliphatic carbocycles. The maximum absolute atomic E-state index is 15.2. The Morgan fingerprint density at radius 3 is 2.65 bits per heavy atom. The molecule has 1 atom stereocenters. The van der Waals surface area contributed by atoms with Crippen molar-refractivity contribution in [3.05, 3.63) is 83.9 Å². The Labute approximate surface area is 175 Å². The summed E-state index contributed by atoms with van der Waals surface area (Å²) in [4.78, 5) is 17.2. The average molecular weight is 412 g/mol. The summed E-state index contributed by atoms with van der Waals surface area (Å²) in [5, 5.41) is 9.22. The molecule has 150 valence electrons. The molecule has 31 heavy (non-hydrogen) atoms. The van der Waals surface area contributed by atoms with E-state index in [9.17, 15) is 4.39 Å². The summed E-state index contributed by atoms with van der Waals surface area (Å²) in [5.74, 6) is -1.34. The Morgan fingerprint density at radius 1 is 1.06 bits per heavy atom. The van der Waals surface area contributed by atoms with Gasteiger partial charge in [-0.25, -0.2) is 23.7 Å². The van der Waals surface area contributed by atoms with Gasteiger partial charge in [0.15, 0.2) is 11.3 Å². The molecule has 0 fully saturated rings. The number of benzene rings is 2. The van der Waals surface area contributed by atoms with E-state index < -0.39 is 17.7 Å². The fourth-order valence-electron chi connectivity index (χ4n) is 3.63. The van der Waals surface area contributed by atoms with E-state index >= 15 is 4.39 Å². The lowest BCUT2D eigenvalue weighted by Crippen LogP contribution is -2.11. The van der Waals surface area contributed by atoms with Gasteiger partial charge in [-0.2, -0.15) is 5.26 Å². The third kappa shape index (κ3) is 3.07. The molecule has 0 saturated heterocycles. The van der Waals surface area contributed by atoms with Crippen LogP contribution in [-0.4, -0.2) is 24.5 Å². The van der Waals surface area contributed by atoms with Gasteiger partial charge in [0.1, 0.15) is 11.6 Å². The Hall–Kier alpha value is -4.25. The first kappa shape index (κ1) is 18.8. The van der Waals surface area contributed by atoms with Crippen LogP contribution in [0.5, 0.6) is 0 Å². The van der Waals surface area contributed by atoms with Crippen LogP contribution in [0, 0.1) is 23.0 Å². The van der Waals surface area contributed by atoms with Crippen molar-refractivity contribution < 1.29 is 8.78 Å². The summed E-state index contributed by atoms with van der Waals surface area (Å²) in [5.41, 5.74) is 2.80. The van der Waals surface area contributed by atoms with Gasteiger partial charge < -0.3 is 4.57 Å². The average Bonchev–Trinajstić information content (AvgIpc) is 3.22. The minimum Gasteiger partial charge on any atom is -0.306 e. The Kier molecular flexibility index (Phi) is 4.37. The second-order valence-corrected chi connectivity index (χ2v) is 7.08. The number of rotatable bonds is 3. The smallest absolute Gasteiger partial charge is 0.197 e. The van der Waals surface area contributed by atoms with Crippen LogP contribution in [0.1, 0.15) is 24.1 Å². The van der Waals surface area contributed by atoms with Crippen molar-refractivity contribution in [2.45, 2.75) is 13.0 Å². The van der Waals surface area contributed by atoms with Crippen LogP contribution in [0.2, 0.25) is 0 Å². The van der Waals surface area contributed by atoms with Crippen molar-refractivity contribution >= 4 is 22.2 Å². The van der Waals surface area contributed by atoms with E-state index in [2.05, 4.69) is 26.0 Å².